The van der Waals surface area contributed by atoms with E-state index in [1.54, 1.807) is 12.1 Å². The van der Waals surface area contributed by atoms with Gasteiger partial charge in [0.2, 0.25) is 5.75 Å². The molecule has 9 N–H and O–H groups in total. The molecule has 13 nitrogen and oxygen atoms in total. The molecule has 0 unspecified atom stereocenters. The minimum Gasteiger partial charge on any atom is -0.508 e. The summed E-state index contributed by atoms with van der Waals surface area (Å²) in [5, 5.41) is 81.9. The number of phenolic OH excluding ortho intramolecular Hbond substituents is 8. The fraction of sp³-hybridized carbons (Fsp3) is 0.297. The Labute approximate surface area is 290 Å². The molecule has 0 fully saturated rings. The van der Waals surface area contributed by atoms with Gasteiger partial charge >= 0.3 is 0 Å². The van der Waals surface area contributed by atoms with Crippen LogP contribution < -0.4 is 18.9 Å². The van der Waals surface area contributed by atoms with Gasteiger partial charge in [-0.05, 0) is 55.5 Å². The van der Waals surface area contributed by atoms with Crippen molar-refractivity contribution >= 4 is 0 Å². The van der Waals surface area contributed by atoms with Crippen LogP contribution in [-0.4, -0.2) is 73.4 Å². The quantitative estimate of drug-likeness (QED) is 0.0826. The summed E-state index contributed by atoms with van der Waals surface area (Å²) in [6, 6.07) is 13.2. The molecule has 4 aromatic carbocycles. The van der Waals surface area contributed by atoms with Crippen molar-refractivity contribution in [2.75, 3.05) is 27.4 Å². The number of fused-ring (bicyclic) bond motifs is 2. The third-order valence-corrected chi connectivity index (χ3v) is 7.10. The zero-order valence-corrected chi connectivity index (χ0v) is 28.5. The first kappa shape index (κ1) is 40.4. The Kier molecular flexibility index (Phi) is 16.0. The maximum absolute atomic E-state index is 10.1. The van der Waals surface area contributed by atoms with Crippen LogP contribution in [0.15, 0.2) is 67.3 Å². The molecule has 2 aliphatic heterocycles. The van der Waals surface area contributed by atoms with Gasteiger partial charge in [0.05, 0.1) is 13.7 Å². The van der Waals surface area contributed by atoms with E-state index in [4.69, 9.17) is 44.5 Å². The Morgan fingerprint density at radius 3 is 1.94 bits per heavy atom. The van der Waals surface area contributed by atoms with Gasteiger partial charge in [0.1, 0.15) is 47.2 Å². The average molecular weight is 699 g/mol. The fourth-order valence-electron chi connectivity index (χ4n) is 4.85. The molecule has 0 spiro atoms. The lowest BCUT2D eigenvalue weighted by atomic mass is 9.96. The van der Waals surface area contributed by atoms with Crippen molar-refractivity contribution in [3.05, 3.63) is 83.9 Å². The number of aliphatic hydroxyl groups is 1. The van der Waals surface area contributed by atoms with Crippen molar-refractivity contribution < 1.29 is 64.9 Å². The predicted octanol–water partition coefficient (Wildman–Crippen LogP) is 6.30. The zero-order valence-electron chi connectivity index (χ0n) is 28.5. The number of aliphatic hydroxyl groups excluding tert-OH is 1. The van der Waals surface area contributed by atoms with Crippen LogP contribution in [0.25, 0.3) is 0 Å². The van der Waals surface area contributed by atoms with E-state index in [-0.39, 0.29) is 58.7 Å². The second-order valence-electron chi connectivity index (χ2n) is 10.3. The SMILES string of the molecule is C=CCOc1c(O)cc([C@@H]2CCc3c(O)cc(OC)cc3O2)cc1O.CC.CO.Oc1cc(O)c2c(c1)OCCC2.Oc1cccc(O)c1O. The Morgan fingerprint density at radius 1 is 0.760 bits per heavy atom. The van der Waals surface area contributed by atoms with Gasteiger partial charge in [-0.3, -0.25) is 0 Å². The van der Waals surface area contributed by atoms with Gasteiger partial charge < -0.3 is 64.9 Å². The molecule has 6 rings (SSSR count). The van der Waals surface area contributed by atoms with Gasteiger partial charge in [0, 0.05) is 42.5 Å². The van der Waals surface area contributed by atoms with Crippen LogP contribution in [0.2, 0.25) is 0 Å². The summed E-state index contributed by atoms with van der Waals surface area (Å²) < 4.78 is 21.6. The van der Waals surface area contributed by atoms with Crippen molar-refractivity contribution in [3.8, 4) is 69.0 Å². The van der Waals surface area contributed by atoms with Crippen LogP contribution in [0.3, 0.4) is 0 Å². The first-order chi connectivity index (χ1) is 24.0. The van der Waals surface area contributed by atoms with Gasteiger partial charge in [0.15, 0.2) is 28.7 Å². The van der Waals surface area contributed by atoms with Gasteiger partial charge in [-0.25, -0.2) is 0 Å². The largest absolute Gasteiger partial charge is 0.508 e. The second kappa shape index (κ2) is 19.9. The molecule has 0 bridgehead atoms. The van der Waals surface area contributed by atoms with Gasteiger partial charge in [-0.1, -0.05) is 32.6 Å². The van der Waals surface area contributed by atoms with Gasteiger partial charge in [0.25, 0.3) is 0 Å². The van der Waals surface area contributed by atoms with E-state index in [1.165, 1.54) is 55.7 Å². The zero-order chi connectivity index (χ0) is 37.4. The summed E-state index contributed by atoms with van der Waals surface area (Å²) in [6.45, 7) is 8.37. The molecule has 0 aliphatic carbocycles. The molecule has 4 aromatic rings. The molecule has 50 heavy (non-hydrogen) atoms. The average Bonchev–Trinajstić information content (AvgIpc) is 3.12. The normalized spacial score (nSPS) is 13.4. The van der Waals surface area contributed by atoms with Crippen molar-refractivity contribution in [2.24, 2.45) is 0 Å². The minimum absolute atomic E-state index is 0.0131. The van der Waals surface area contributed by atoms with E-state index in [1.807, 2.05) is 13.8 Å². The number of phenols is 8. The molecule has 272 valence electrons. The summed E-state index contributed by atoms with van der Waals surface area (Å²) in [5.41, 5.74) is 2.14. The Hall–Kier alpha value is -5.82. The van der Waals surface area contributed by atoms with Crippen molar-refractivity contribution in [1.29, 1.82) is 0 Å². The number of hydrogen-bond acceptors (Lipinski definition) is 13. The van der Waals surface area contributed by atoms with Crippen molar-refractivity contribution in [1.82, 2.24) is 0 Å². The van der Waals surface area contributed by atoms with E-state index in [9.17, 15) is 20.4 Å². The summed E-state index contributed by atoms with van der Waals surface area (Å²) >= 11 is 0. The van der Waals surface area contributed by atoms with Crippen LogP contribution in [0.4, 0.5) is 0 Å². The van der Waals surface area contributed by atoms with E-state index < -0.39 is 5.75 Å². The maximum Gasteiger partial charge on any atom is 0.203 e. The molecule has 13 heteroatoms. The summed E-state index contributed by atoms with van der Waals surface area (Å²) in [6.07, 6.45) is 4.09. The molecule has 0 aromatic heterocycles. The third-order valence-electron chi connectivity index (χ3n) is 7.10. The summed E-state index contributed by atoms with van der Waals surface area (Å²) in [4.78, 5) is 0. The van der Waals surface area contributed by atoms with Crippen LogP contribution in [0, 0.1) is 0 Å². The Bertz CT molecular complexity index is 1640. The maximum atomic E-state index is 10.1. The Morgan fingerprint density at radius 2 is 1.36 bits per heavy atom. The lowest BCUT2D eigenvalue weighted by Gasteiger charge is -2.27. The highest BCUT2D eigenvalue weighted by Gasteiger charge is 2.26. The monoisotopic (exact) mass is 698 g/mol. The first-order valence-corrected chi connectivity index (χ1v) is 15.7. The number of benzene rings is 4. The van der Waals surface area contributed by atoms with Crippen LogP contribution in [0.5, 0.6) is 69.0 Å². The highest BCUT2D eigenvalue weighted by atomic mass is 16.5. The van der Waals surface area contributed by atoms with Crippen LogP contribution in [-0.2, 0) is 12.8 Å². The predicted molar refractivity (Wildman–Crippen MR) is 186 cm³/mol. The molecular formula is C37H46O13. The lowest BCUT2D eigenvalue weighted by molar-refractivity contribution is 0.172. The smallest absolute Gasteiger partial charge is 0.203 e. The second-order valence-corrected chi connectivity index (χ2v) is 10.3. The topological polar surface area (TPSA) is 219 Å². The van der Waals surface area contributed by atoms with Gasteiger partial charge in [-0.2, -0.15) is 0 Å². The third kappa shape index (κ3) is 10.6. The van der Waals surface area contributed by atoms with E-state index >= 15 is 0 Å². The summed E-state index contributed by atoms with van der Waals surface area (Å²) in [5.74, 6) is 0.527. The standard InChI is InChI=1S/C19H20O6.C9H10O3.C6H6O3.C2H6.CH4O/c1-3-6-24-19-15(21)7-11(8-16(19)22)17-5-4-13-14(20)9-12(23-2)10-18(13)25-17;10-6-4-8(11)7-2-1-3-12-9(7)5-6;7-4-2-1-3-5(8)6(4)9;2*1-2/h3,7-10,17,20-22H,1,4-6H2,2H3;4-5,10-11H,1-3H2;1-3,7-9H;1-2H3;2H,1H3/t17-;;;;/m0..../s1. The lowest BCUT2D eigenvalue weighted by Crippen LogP contribution is -2.15. The molecule has 1 atom stereocenters. The van der Waals surface area contributed by atoms with E-state index in [0.717, 1.165) is 31.1 Å². The van der Waals surface area contributed by atoms with Crippen molar-refractivity contribution in [2.45, 2.75) is 45.6 Å². The number of methoxy groups -OCH3 is 1. The highest BCUT2D eigenvalue weighted by molar-refractivity contribution is 5.55. The number of para-hydroxylation sites is 1. The minimum atomic E-state index is -0.475. The van der Waals surface area contributed by atoms with E-state index in [0.29, 0.717) is 42.3 Å². The molecule has 2 heterocycles. The summed E-state index contributed by atoms with van der Waals surface area (Å²) in [7, 11) is 2.51. The Balaban J connectivity index is 0.000000286. The molecule has 2 aliphatic rings. The fourth-order valence-corrected chi connectivity index (χ4v) is 4.85. The molecular weight excluding hydrogens is 652 g/mol. The molecule has 0 radical (unpaired) electrons. The van der Waals surface area contributed by atoms with E-state index in [2.05, 4.69) is 6.58 Å². The number of aromatic hydroxyl groups is 8. The number of ether oxygens (including phenoxy) is 4. The van der Waals surface area contributed by atoms with Crippen molar-refractivity contribution in [3.63, 3.8) is 0 Å². The number of rotatable bonds is 5. The van der Waals surface area contributed by atoms with Crippen LogP contribution in [0.1, 0.15) is 49.5 Å². The first-order valence-electron chi connectivity index (χ1n) is 15.7. The molecule has 0 amide bonds. The molecule has 0 saturated heterocycles. The number of hydrogen-bond donors (Lipinski definition) is 9. The highest BCUT2D eigenvalue weighted by Crippen LogP contribution is 2.45. The van der Waals surface area contributed by atoms with Crippen LogP contribution >= 0.6 is 0 Å². The van der Waals surface area contributed by atoms with Gasteiger partial charge in [-0.15, -0.1) is 0 Å². The molecule has 0 saturated carbocycles.